The van der Waals surface area contributed by atoms with Gasteiger partial charge in [0.2, 0.25) is 5.91 Å². The average Bonchev–Trinajstić information content (AvgIpc) is 3.26. The van der Waals surface area contributed by atoms with Crippen molar-refractivity contribution in [1.82, 2.24) is 10.2 Å². The Morgan fingerprint density at radius 2 is 1.84 bits per heavy atom. The van der Waals surface area contributed by atoms with Gasteiger partial charge in [-0.25, -0.2) is 0 Å². The van der Waals surface area contributed by atoms with E-state index in [1.54, 1.807) is 17.5 Å². The summed E-state index contributed by atoms with van der Waals surface area (Å²) in [5, 5.41) is 4.59. The zero-order valence-electron chi connectivity index (χ0n) is 13.7. The topological polar surface area (TPSA) is 49.4 Å². The monoisotopic (exact) mass is 374 g/mol. The van der Waals surface area contributed by atoms with Crippen molar-refractivity contribution in [2.45, 2.75) is 69.2 Å². The van der Waals surface area contributed by atoms with E-state index in [9.17, 15) is 22.8 Å². The fourth-order valence-electron chi connectivity index (χ4n) is 3.36. The highest BCUT2D eigenvalue weighted by Gasteiger charge is 2.51. The average molecular weight is 374 g/mol. The number of hydrogen-bond acceptors (Lipinski definition) is 3. The van der Waals surface area contributed by atoms with Crippen LogP contribution in [0.5, 0.6) is 0 Å². The number of carbonyl (C=O) groups is 2. The largest absolute Gasteiger partial charge is 0.471 e. The molecular formula is C17H21F3N2O2S. The minimum absolute atomic E-state index is 0.0224. The highest BCUT2D eigenvalue weighted by molar-refractivity contribution is 7.10. The molecule has 4 nitrogen and oxygen atoms in total. The lowest BCUT2D eigenvalue weighted by Gasteiger charge is -2.33. The van der Waals surface area contributed by atoms with Crippen molar-refractivity contribution in [3.8, 4) is 0 Å². The number of hydrogen-bond donors (Lipinski definition) is 1. The number of nitrogens with zero attached hydrogens (tertiary/aromatic N) is 1. The molecule has 1 atom stereocenters. The third kappa shape index (κ3) is 4.34. The molecule has 2 aliphatic rings. The van der Waals surface area contributed by atoms with Crippen LogP contribution in [0.15, 0.2) is 17.5 Å². The van der Waals surface area contributed by atoms with Crippen molar-refractivity contribution in [2.24, 2.45) is 0 Å². The summed E-state index contributed by atoms with van der Waals surface area (Å²) in [6, 6.07) is 1.56. The van der Waals surface area contributed by atoms with E-state index in [0.29, 0.717) is 17.7 Å². The van der Waals surface area contributed by atoms with Crippen LogP contribution in [-0.4, -0.2) is 35.0 Å². The molecule has 1 heterocycles. The molecule has 3 rings (SSSR count). The molecule has 0 spiro atoms. The number of amides is 2. The first-order chi connectivity index (χ1) is 11.9. The van der Waals surface area contributed by atoms with E-state index in [4.69, 9.17) is 0 Å². The Morgan fingerprint density at radius 3 is 2.36 bits per heavy atom. The quantitative estimate of drug-likeness (QED) is 0.852. The van der Waals surface area contributed by atoms with Gasteiger partial charge in [-0.1, -0.05) is 25.3 Å². The molecule has 0 saturated heterocycles. The number of carbonyl (C=O) groups excluding carboxylic acids is 2. The highest BCUT2D eigenvalue weighted by atomic mass is 32.1. The molecule has 0 radical (unpaired) electrons. The summed E-state index contributed by atoms with van der Waals surface area (Å²) in [4.78, 5) is 26.1. The van der Waals surface area contributed by atoms with Crippen molar-refractivity contribution >= 4 is 23.2 Å². The van der Waals surface area contributed by atoms with E-state index in [2.05, 4.69) is 5.32 Å². The molecular weight excluding hydrogens is 353 g/mol. The second-order valence-corrected chi connectivity index (χ2v) is 7.68. The Kier molecular flexibility index (Phi) is 5.36. The number of halogens is 3. The predicted octanol–water partition coefficient (Wildman–Crippen LogP) is 3.79. The van der Waals surface area contributed by atoms with Crippen LogP contribution in [0.1, 0.15) is 55.9 Å². The van der Waals surface area contributed by atoms with Crippen LogP contribution in [0, 0.1) is 0 Å². The smallest absolute Gasteiger partial charge is 0.351 e. The Bertz CT molecular complexity index is 608. The van der Waals surface area contributed by atoms with Crippen LogP contribution in [0.25, 0.3) is 0 Å². The van der Waals surface area contributed by atoms with Crippen LogP contribution >= 0.6 is 11.3 Å². The van der Waals surface area contributed by atoms with Crippen molar-refractivity contribution in [2.75, 3.05) is 0 Å². The van der Waals surface area contributed by atoms with Crippen molar-refractivity contribution in [3.05, 3.63) is 22.4 Å². The van der Waals surface area contributed by atoms with E-state index in [1.165, 1.54) is 11.3 Å². The number of thiophene rings is 1. The summed E-state index contributed by atoms with van der Waals surface area (Å²) in [6.45, 7) is 0. The SMILES string of the molecule is O=C(NC1CCCCC1)[C@@H](c1cccs1)N(C(=O)C(F)(F)F)C1CC1. The first-order valence-corrected chi connectivity index (χ1v) is 9.49. The van der Waals surface area contributed by atoms with Crippen LogP contribution in [0.2, 0.25) is 0 Å². The van der Waals surface area contributed by atoms with Crippen molar-refractivity contribution < 1.29 is 22.8 Å². The molecule has 1 N–H and O–H groups in total. The molecule has 0 aromatic carbocycles. The molecule has 0 aliphatic heterocycles. The Hall–Kier alpha value is -1.57. The highest BCUT2D eigenvalue weighted by Crippen LogP contribution is 2.39. The van der Waals surface area contributed by atoms with E-state index in [1.807, 2.05) is 0 Å². The van der Waals surface area contributed by atoms with Crippen molar-refractivity contribution in [3.63, 3.8) is 0 Å². The summed E-state index contributed by atoms with van der Waals surface area (Å²) in [5.41, 5.74) is 0. The van der Waals surface area contributed by atoms with E-state index < -0.39 is 30.1 Å². The fourth-order valence-corrected chi connectivity index (χ4v) is 4.18. The van der Waals surface area contributed by atoms with Gasteiger partial charge < -0.3 is 10.2 Å². The summed E-state index contributed by atoms with van der Waals surface area (Å²) in [6.07, 6.45) is 0.801. The van der Waals surface area contributed by atoms with E-state index in [-0.39, 0.29) is 6.04 Å². The molecule has 25 heavy (non-hydrogen) atoms. The Labute approximate surface area is 148 Å². The molecule has 138 valence electrons. The molecule has 2 saturated carbocycles. The minimum Gasteiger partial charge on any atom is -0.351 e. The second kappa shape index (κ2) is 7.35. The predicted molar refractivity (Wildman–Crippen MR) is 88.0 cm³/mol. The zero-order valence-corrected chi connectivity index (χ0v) is 14.5. The lowest BCUT2D eigenvalue weighted by atomic mass is 9.95. The molecule has 1 aromatic rings. The minimum atomic E-state index is -4.98. The van der Waals surface area contributed by atoms with Crippen molar-refractivity contribution in [1.29, 1.82) is 0 Å². The summed E-state index contributed by atoms with van der Waals surface area (Å²) < 4.78 is 39.3. The van der Waals surface area contributed by atoms with Crippen LogP contribution < -0.4 is 5.32 Å². The van der Waals surface area contributed by atoms with Gasteiger partial charge >= 0.3 is 12.1 Å². The summed E-state index contributed by atoms with van der Waals surface area (Å²) in [7, 11) is 0. The maximum atomic E-state index is 13.1. The van der Waals surface area contributed by atoms with Gasteiger partial charge in [0.05, 0.1) is 0 Å². The molecule has 2 fully saturated rings. The first-order valence-electron chi connectivity index (χ1n) is 8.61. The summed E-state index contributed by atoms with van der Waals surface area (Å²) >= 11 is 1.20. The van der Waals surface area contributed by atoms with Gasteiger partial charge in [0.15, 0.2) is 0 Å². The van der Waals surface area contributed by atoms with E-state index in [0.717, 1.165) is 37.0 Å². The standard InChI is InChI=1S/C17H21F3N2O2S/c18-17(19,20)16(24)22(12-8-9-12)14(13-7-4-10-25-13)15(23)21-11-5-2-1-3-6-11/h4,7,10-12,14H,1-3,5-6,8-9H2,(H,21,23)/t14-/m1/s1. The van der Waals surface area contributed by atoms with Gasteiger partial charge in [-0.2, -0.15) is 13.2 Å². The number of nitrogens with one attached hydrogen (secondary N) is 1. The molecule has 0 bridgehead atoms. The summed E-state index contributed by atoms with van der Waals surface area (Å²) in [5.74, 6) is -2.42. The molecule has 0 unspecified atom stereocenters. The third-order valence-corrected chi connectivity index (χ3v) is 5.63. The lowest BCUT2D eigenvalue weighted by Crippen LogP contribution is -2.51. The first kappa shape index (κ1) is 18.2. The normalized spacial score (nSPS) is 20.1. The van der Waals surface area contributed by atoms with Crippen LogP contribution in [-0.2, 0) is 9.59 Å². The zero-order chi connectivity index (χ0) is 18.0. The van der Waals surface area contributed by atoms with Gasteiger partial charge in [0.25, 0.3) is 0 Å². The fraction of sp³-hybridized carbons (Fsp3) is 0.647. The molecule has 2 amide bonds. The van der Waals surface area contributed by atoms with Crippen LogP contribution in [0.4, 0.5) is 13.2 Å². The Morgan fingerprint density at radius 1 is 1.16 bits per heavy atom. The maximum absolute atomic E-state index is 13.1. The van der Waals surface area contributed by atoms with Gasteiger partial charge in [-0.3, -0.25) is 9.59 Å². The van der Waals surface area contributed by atoms with Gasteiger partial charge in [0, 0.05) is 17.0 Å². The second-order valence-electron chi connectivity index (χ2n) is 6.70. The third-order valence-electron chi connectivity index (χ3n) is 4.71. The van der Waals surface area contributed by atoms with Gasteiger partial charge in [0.1, 0.15) is 6.04 Å². The maximum Gasteiger partial charge on any atom is 0.471 e. The van der Waals surface area contributed by atoms with Gasteiger partial charge in [-0.15, -0.1) is 11.3 Å². The molecule has 2 aliphatic carbocycles. The number of rotatable bonds is 5. The molecule has 1 aromatic heterocycles. The lowest BCUT2D eigenvalue weighted by molar-refractivity contribution is -0.189. The van der Waals surface area contributed by atoms with Gasteiger partial charge in [-0.05, 0) is 37.1 Å². The van der Waals surface area contributed by atoms with E-state index >= 15 is 0 Å². The van der Waals surface area contributed by atoms with Crippen LogP contribution in [0.3, 0.4) is 0 Å². The molecule has 8 heteroatoms. The number of alkyl halides is 3. The Balaban J connectivity index is 1.85.